The molecular formula is C20H24N8O6. The van der Waals surface area contributed by atoms with Gasteiger partial charge in [-0.2, -0.15) is 4.98 Å². The van der Waals surface area contributed by atoms with Gasteiger partial charge in [-0.15, -0.1) is 0 Å². The zero-order chi connectivity index (χ0) is 24.8. The number of carboxylic acid groups (broad SMARTS) is 2. The molecule has 3 atom stereocenters. The van der Waals surface area contributed by atoms with Crippen LogP contribution in [0.5, 0.6) is 0 Å². The summed E-state index contributed by atoms with van der Waals surface area (Å²) in [4.78, 5) is 53.4. The number of aliphatic carboxylic acids is 2. The van der Waals surface area contributed by atoms with Crippen molar-refractivity contribution in [2.75, 3.05) is 34.8 Å². The molecule has 180 valence electrons. The SMILES string of the molecule is N=CC(CC(NC(=O)c1ccc(NC[C@H]2CNc3nc(N)[nH]c(=O)c3N2)cc1)C(=O)O)C(=O)O. The van der Waals surface area contributed by atoms with Crippen molar-refractivity contribution in [1.29, 1.82) is 5.41 Å². The minimum absolute atomic E-state index is 0.0184. The first-order chi connectivity index (χ1) is 16.2. The van der Waals surface area contributed by atoms with E-state index in [0.29, 0.717) is 36.5 Å². The first-order valence-corrected chi connectivity index (χ1v) is 10.2. The molecule has 0 fully saturated rings. The molecule has 0 radical (unpaired) electrons. The molecule has 10 N–H and O–H groups in total. The van der Waals surface area contributed by atoms with Crippen molar-refractivity contribution in [2.45, 2.75) is 18.5 Å². The highest BCUT2D eigenvalue weighted by atomic mass is 16.4. The second-order valence-corrected chi connectivity index (χ2v) is 7.57. The van der Waals surface area contributed by atoms with Crippen molar-refractivity contribution in [3.63, 3.8) is 0 Å². The van der Waals surface area contributed by atoms with Crippen molar-refractivity contribution in [3.8, 4) is 0 Å². The Kier molecular flexibility index (Phi) is 7.30. The summed E-state index contributed by atoms with van der Waals surface area (Å²) in [6.07, 6.45) is 0.179. The predicted octanol–water partition coefficient (Wildman–Crippen LogP) is -0.406. The highest BCUT2D eigenvalue weighted by Gasteiger charge is 2.27. The Morgan fingerprint density at radius 2 is 1.94 bits per heavy atom. The number of anilines is 4. The van der Waals surface area contributed by atoms with Gasteiger partial charge in [-0.1, -0.05) is 0 Å². The quantitative estimate of drug-likeness (QED) is 0.202. The number of carbonyl (C=O) groups excluding carboxylic acids is 1. The normalized spacial score (nSPS) is 16.1. The molecule has 34 heavy (non-hydrogen) atoms. The van der Waals surface area contributed by atoms with E-state index in [4.69, 9.17) is 16.2 Å². The van der Waals surface area contributed by atoms with Crippen LogP contribution < -0.4 is 32.6 Å². The molecule has 0 spiro atoms. The summed E-state index contributed by atoms with van der Waals surface area (Å²) in [6.45, 7) is 0.920. The molecule has 14 nitrogen and oxygen atoms in total. The van der Waals surface area contributed by atoms with Crippen molar-refractivity contribution in [2.24, 2.45) is 5.92 Å². The Morgan fingerprint density at radius 1 is 1.24 bits per heavy atom. The number of benzene rings is 1. The number of carbonyl (C=O) groups is 3. The molecule has 14 heteroatoms. The van der Waals surface area contributed by atoms with Gasteiger partial charge in [-0.25, -0.2) is 4.79 Å². The Labute approximate surface area is 192 Å². The second kappa shape index (κ2) is 10.3. The molecule has 1 amide bonds. The molecule has 2 aromatic rings. The predicted molar refractivity (Wildman–Crippen MR) is 124 cm³/mol. The van der Waals surface area contributed by atoms with Gasteiger partial charge in [0.05, 0.1) is 12.0 Å². The van der Waals surface area contributed by atoms with E-state index < -0.39 is 36.2 Å². The second-order valence-electron chi connectivity index (χ2n) is 7.57. The number of hydrogen-bond donors (Lipinski definition) is 9. The molecular weight excluding hydrogens is 448 g/mol. The maximum absolute atomic E-state index is 12.4. The van der Waals surface area contributed by atoms with E-state index in [-0.39, 0.29) is 23.1 Å². The number of nitrogens with two attached hydrogens (primary N) is 1. The number of amides is 1. The zero-order valence-corrected chi connectivity index (χ0v) is 17.8. The Morgan fingerprint density at radius 3 is 2.56 bits per heavy atom. The molecule has 1 aromatic heterocycles. The zero-order valence-electron chi connectivity index (χ0n) is 17.8. The average Bonchev–Trinajstić information content (AvgIpc) is 2.80. The molecule has 1 aromatic carbocycles. The van der Waals surface area contributed by atoms with Crippen LogP contribution in [0.25, 0.3) is 0 Å². The summed E-state index contributed by atoms with van der Waals surface area (Å²) in [6, 6.07) is 4.62. The van der Waals surface area contributed by atoms with E-state index in [0.717, 1.165) is 0 Å². The largest absolute Gasteiger partial charge is 0.481 e. The van der Waals surface area contributed by atoms with Crippen LogP contribution in [0.4, 0.5) is 23.1 Å². The van der Waals surface area contributed by atoms with Crippen LogP contribution in [0.2, 0.25) is 0 Å². The van der Waals surface area contributed by atoms with Crippen molar-refractivity contribution < 1.29 is 24.6 Å². The minimum atomic E-state index is -1.46. The highest BCUT2D eigenvalue weighted by molar-refractivity contribution is 5.97. The van der Waals surface area contributed by atoms with E-state index in [1.165, 1.54) is 12.1 Å². The van der Waals surface area contributed by atoms with Gasteiger partial charge < -0.3 is 42.6 Å². The number of nitrogen functional groups attached to an aromatic ring is 1. The number of hydrogen-bond acceptors (Lipinski definition) is 10. The fraction of sp³-hybridized carbons (Fsp3) is 0.300. The van der Waals surface area contributed by atoms with E-state index in [9.17, 15) is 24.3 Å². The van der Waals surface area contributed by atoms with Crippen LogP contribution in [0.15, 0.2) is 29.1 Å². The van der Waals surface area contributed by atoms with Gasteiger partial charge in [0.1, 0.15) is 11.7 Å². The van der Waals surface area contributed by atoms with Crippen LogP contribution in [0.3, 0.4) is 0 Å². The maximum Gasteiger partial charge on any atom is 0.326 e. The lowest BCUT2D eigenvalue weighted by Gasteiger charge is -2.27. The number of aromatic amines is 1. The van der Waals surface area contributed by atoms with Crippen LogP contribution >= 0.6 is 0 Å². The van der Waals surface area contributed by atoms with Crippen LogP contribution in [-0.2, 0) is 9.59 Å². The Bertz CT molecular complexity index is 1150. The van der Waals surface area contributed by atoms with E-state index in [1.54, 1.807) is 12.1 Å². The Hall–Kier alpha value is -4.62. The van der Waals surface area contributed by atoms with Crippen molar-refractivity contribution >= 4 is 47.2 Å². The van der Waals surface area contributed by atoms with Crippen molar-refractivity contribution in [1.82, 2.24) is 15.3 Å². The first kappa shape index (κ1) is 24.0. The first-order valence-electron chi connectivity index (χ1n) is 10.2. The summed E-state index contributed by atoms with van der Waals surface area (Å²) in [5, 5.41) is 37.0. The molecule has 0 saturated carbocycles. The summed E-state index contributed by atoms with van der Waals surface area (Å²) < 4.78 is 0. The third-order valence-corrected chi connectivity index (χ3v) is 5.11. The van der Waals surface area contributed by atoms with E-state index in [1.807, 2.05) is 0 Å². The maximum atomic E-state index is 12.4. The molecule has 0 saturated heterocycles. The highest BCUT2D eigenvalue weighted by Crippen LogP contribution is 2.20. The Balaban J connectivity index is 1.56. The lowest BCUT2D eigenvalue weighted by molar-refractivity contribution is -0.141. The van der Waals surface area contributed by atoms with Gasteiger partial charge in [0.25, 0.3) is 11.5 Å². The number of carboxylic acids is 2. The monoisotopic (exact) mass is 472 g/mol. The number of H-pyrrole nitrogens is 1. The van der Waals surface area contributed by atoms with Crippen LogP contribution in [0, 0.1) is 11.3 Å². The number of aromatic nitrogens is 2. The van der Waals surface area contributed by atoms with Crippen LogP contribution in [-0.4, -0.2) is 69.4 Å². The molecule has 0 bridgehead atoms. The summed E-state index contributed by atoms with van der Waals surface area (Å²) in [5.41, 5.74) is 6.30. The smallest absolute Gasteiger partial charge is 0.326 e. The standard InChI is InChI=1S/C20H24N8O6/c21-6-10(18(31)32)5-13(19(33)34)26-16(29)9-1-3-11(4-2-9)23-7-12-8-24-15-14(25-12)17(30)28-20(22)27-15/h1-4,6,10,12-13,21,23,25H,5,7-8H2,(H,26,29)(H,31,32)(H,33,34)(H4,22,24,27,28,30)/t10?,12-,13?/m0/s1. The van der Waals surface area contributed by atoms with Gasteiger partial charge in [0.15, 0.2) is 5.82 Å². The lowest BCUT2D eigenvalue weighted by Crippen LogP contribution is -2.43. The number of nitrogens with zero attached hydrogens (tertiary/aromatic N) is 1. The fourth-order valence-electron chi connectivity index (χ4n) is 3.29. The number of rotatable bonds is 10. The van der Waals surface area contributed by atoms with Gasteiger partial charge in [-0.3, -0.25) is 19.4 Å². The van der Waals surface area contributed by atoms with Gasteiger partial charge in [0, 0.05) is 30.6 Å². The summed E-state index contributed by atoms with van der Waals surface area (Å²) >= 11 is 0. The van der Waals surface area contributed by atoms with Gasteiger partial charge in [0.2, 0.25) is 5.95 Å². The summed E-state index contributed by atoms with van der Waals surface area (Å²) in [7, 11) is 0. The van der Waals surface area contributed by atoms with E-state index >= 15 is 0 Å². The van der Waals surface area contributed by atoms with Gasteiger partial charge >= 0.3 is 11.9 Å². The van der Waals surface area contributed by atoms with E-state index in [2.05, 4.69) is 31.2 Å². The third kappa shape index (κ3) is 5.79. The summed E-state index contributed by atoms with van der Waals surface area (Å²) in [5.74, 6) is -4.36. The molecule has 2 unspecified atom stereocenters. The fourth-order valence-corrected chi connectivity index (χ4v) is 3.29. The third-order valence-electron chi connectivity index (χ3n) is 5.11. The molecule has 2 heterocycles. The number of fused-ring (bicyclic) bond motifs is 1. The minimum Gasteiger partial charge on any atom is -0.481 e. The van der Waals surface area contributed by atoms with Gasteiger partial charge in [-0.05, 0) is 30.7 Å². The average molecular weight is 472 g/mol. The molecule has 3 rings (SSSR count). The van der Waals surface area contributed by atoms with Crippen LogP contribution in [0.1, 0.15) is 16.8 Å². The molecule has 1 aliphatic heterocycles. The lowest BCUT2D eigenvalue weighted by atomic mass is 10.0. The van der Waals surface area contributed by atoms with Crippen molar-refractivity contribution in [3.05, 3.63) is 40.2 Å². The molecule has 0 aliphatic carbocycles. The topological polar surface area (TPSA) is 235 Å². The number of nitrogens with one attached hydrogen (secondary N) is 6. The molecule has 1 aliphatic rings.